The van der Waals surface area contributed by atoms with Crippen LogP contribution in [0.4, 0.5) is 0 Å². The largest absolute Gasteiger partial charge is 0.373 e. The number of nitrogens with zero attached hydrogens (tertiary/aromatic N) is 1. The Kier molecular flexibility index (Phi) is 4.62. The summed E-state index contributed by atoms with van der Waals surface area (Å²) in [6.07, 6.45) is -0.120. The second-order valence-electron chi connectivity index (χ2n) is 4.83. The zero-order chi connectivity index (χ0) is 14.0. The monoisotopic (exact) mass is 304 g/mol. The van der Waals surface area contributed by atoms with Gasteiger partial charge < -0.3 is 10.1 Å². The van der Waals surface area contributed by atoms with E-state index in [4.69, 9.17) is 4.74 Å². The van der Waals surface area contributed by atoms with Crippen molar-refractivity contribution in [3.8, 4) is 0 Å². The molecule has 0 saturated carbocycles. The summed E-state index contributed by atoms with van der Waals surface area (Å²) in [5.74, 6) is 0. The Labute approximate surface area is 118 Å². The Balaban J connectivity index is 2.20. The van der Waals surface area contributed by atoms with Crippen molar-refractivity contribution in [3.05, 3.63) is 17.0 Å². The molecule has 0 aliphatic carbocycles. The van der Waals surface area contributed by atoms with E-state index in [0.717, 1.165) is 4.88 Å². The Bertz CT molecular complexity index is 517. The molecule has 1 aliphatic rings. The van der Waals surface area contributed by atoms with Crippen LogP contribution in [0.5, 0.6) is 0 Å². The van der Waals surface area contributed by atoms with Crippen LogP contribution in [0.25, 0.3) is 0 Å². The quantitative estimate of drug-likeness (QED) is 0.910. The van der Waals surface area contributed by atoms with E-state index in [-0.39, 0.29) is 12.2 Å². The van der Waals surface area contributed by atoms with Gasteiger partial charge in [0, 0.05) is 24.5 Å². The van der Waals surface area contributed by atoms with Crippen LogP contribution in [0.3, 0.4) is 0 Å². The van der Waals surface area contributed by atoms with Crippen LogP contribution in [-0.4, -0.2) is 45.1 Å². The Hall–Kier alpha value is -0.470. The van der Waals surface area contributed by atoms with Gasteiger partial charge in [-0.05, 0) is 33.0 Å². The first-order valence-corrected chi connectivity index (χ1v) is 8.58. The third-order valence-electron chi connectivity index (χ3n) is 2.97. The van der Waals surface area contributed by atoms with E-state index >= 15 is 0 Å². The lowest BCUT2D eigenvalue weighted by Crippen LogP contribution is -2.47. The van der Waals surface area contributed by atoms with Crippen LogP contribution in [0.1, 0.15) is 18.7 Å². The smallest absolute Gasteiger partial charge is 0.252 e. The fourth-order valence-electron chi connectivity index (χ4n) is 2.22. The molecule has 2 rings (SSSR count). The summed E-state index contributed by atoms with van der Waals surface area (Å²) in [6.45, 7) is 5.34. The summed E-state index contributed by atoms with van der Waals surface area (Å²) in [5.41, 5.74) is 0. The second-order valence-corrected chi connectivity index (χ2v) is 8.16. The standard InChI is InChI=1S/C12H20N2O3S2/c1-9-7-14(8-10(2)17-9)19(15,16)12-5-4-11(18-12)6-13-3/h4-5,9-10,13H,6-8H2,1-3H3/t9-,10+. The number of thiophene rings is 1. The van der Waals surface area contributed by atoms with Gasteiger partial charge in [-0.1, -0.05) is 0 Å². The molecule has 0 spiro atoms. The van der Waals surface area contributed by atoms with Crippen molar-refractivity contribution < 1.29 is 13.2 Å². The summed E-state index contributed by atoms with van der Waals surface area (Å²) >= 11 is 1.33. The maximum absolute atomic E-state index is 12.6. The highest BCUT2D eigenvalue weighted by Gasteiger charge is 2.32. The molecule has 5 nitrogen and oxygen atoms in total. The Morgan fingerprint density at radius 3 is 2.58 bits per heavy atom. The molecule has 2 heterocycles. The van der Waals surface area contributed by atoms with E-state index in [2.05, 4.69) is 5.32 Å². The van der Waals surface area contributed by atoms with Crippen molar-refractivity contribution in [2.75, 3.05) is 20.1 Å². The minimum atomic E-state index is -3.38. The van der Waals surface area contributed by atoms with Crippen LogP contribution < -0.4 is 5.32 Å². The third kappa shape index (κ3) is 3.35. The zero-order valence-electron chi connectivity index (χ0n) is 11.4. The molecule has 1 fully saturated rings. The Morgan fingerprint density at radius 2 is 2.00 bits per heavy atom. The number of nitrogens with one attached hydrogen (secondary N) is 1. The molecular formula is C12H20N2O3S2. The fourth-order valence-corrected chi connectivity index (χ4v) is 5.33. The van der Waals surface area contributed by atoms with Crippen LogP contribution >= 0.6 is 11.3 Å². The van der Waals surface area contributed by atoms with Gasteiger partial charge >= 0.3 is 0 Å². The number of hydrogen-bond acceptors (Lipinski definition) is 5. The summed E-state index contributed by atoms with van der Waals surface area (Å²) in [5, 5.41) is 3.02. The number of rotatable bonds is 4. The maximum atomic E-state index is 12.6. The number of hydrogen-bond donors (Lipinski definition) is 1. The molecule has 0 radical (unpaired) electrons. The fraction of sp³-hybridized carbons (Fsp3) is 0.667. The van der Waals surface area contributed by atoms with E-state index < -0.39 is 10.0 Å². The van der Waals surface area contributed by atoms with Crippen molar-refractivity contribution in [3.63, 3.8) is 0 Å². The van der Waals surface area contributed by atoms with Gasteiger partial charge in [0.1, 0.15) is 4.21 Å². The van der Waals surface area contributed by atoms with Crippen LogP contribution in [0.15, 0.2) is 16.3 Å². The van der Waals surface area contributed by atoms with Gasteiger partial charge in [-0.25, -0.2) is 8.42 Å². The van der Waals surface area contributed by atoms with Gasteiger partial charge in [-0.15, -0.1) is 11.3 Å². The highest BCUT2D eigenvalue weighted by atomic mass is 32.2. The third-order valence-corrected chi connectivity index (χ3v) is 6.35. The summed E-state index contributed by atoms with van der Waals surface area (Å²) < 4.78 is 32.6. The highest BCUT2D eigenvalue weighted by Crippen LogP contribution is 2.27. The van der Waals surface area contributed by atoms with Crippen LogP contribution in [-0.2, 0) is 21.3 Å². The number of sulfonamides is 1. The molecule has 1 aliphatic heterocycles. The van der Waals surface area contributed by atoms with Crippen LogP contribution in [0, 0.1) is 0 Å². The van der Waals surface area contributed by atoms with Gasteiger partial charge in [-0.2, -0.15) is 4.31 Å². The maximum Gasteiger partial charge on any atom is 0.252 e. The molecule has 2 atom stereocenters. The molecule has 0 unspecified atom stereocenters. The second kappa shape index (κ2) is 5.88. The van der Waals surface area contributed by atoms with E-state index in [1.165, 1.54) is 15.6 Å². The van der Waals surface area contributed by atoms with E-state index in [0.29, 0.717) is 23.8 Å². The molecule has 0 aromatic carbocycles. The molecule has 1 aromatic heterocycles. The molecule has 1 saturated heterocycles. The van der Waals surface area contributed by atoms with Crippen molar-refractivity contribution >= 4 is 21.4 Å². The minimum absolute atomic E-state index is 0.0599. The van der Waals surface area contributed by atoms with Crippen molar-refractivity contribution in [1.29, 1.82) is 0 Å². The topological polar surface area (TPSA) is 58.6 Å². The average molecular weight is 304 g/mol. The zero-order valence-corrected chi connectivity index (χ0v) is 13.1. The summed E-state index contributed by atoms with van der Waals surface area (Å²) in [7, 11) is -1.53. The first-order valence-electron chi connectivity index (χ1n) is 6.32. The lowest BCUT2D eigenvalue weighted by Gasteiger charge is -2.34. The first kappa shape index (κ1) is 14.9. The molecule has 19 heavy (non-hydrogen) atoms. The highest BCUT2D eigenvalue weighted by molar-refractivity contribution is 7.91. The summed E-state index contributed by atoms with van der Waals surface area (Å²) in [6, 6.07) is 3.55. The normalized spacial score (nSPS) is 25.6. The van der Waals surface area contributed by atoms with Gasteiger partial charge in [0.2, 0.25) is 0 Å². The molecule has 0 amide bonds. The minimum Gasteiger partial charge on any atom is -0.373 e. The SMILES string of the molecule is CNCc1ccc(S(=O)(=O)N2C[C@@H](C)O[C@@H](C)C2)s1. The molecule has 108 valence electrons. The number of ether oxygens (including phenoxy) is 1. The predicted molar refractivity (Wildman–Crippen MR) is 75.9 cm³/mol. The van der Waals surface area contributed by atoms with Crippen molar-refractivity contribution in [2.24, 2.45) is 0 Å². The van der Waals surface area contributed by atoms with Crippen molar-refractivity contribution in [1.82, 2.24) is 9.62 Å². The van der Waals surface area contributed by atoms with Gasteiger partial charge in [-0.3, -0.25) is 0 Å². The number of morpholine rings is 1. The molecule has 0 bridgehead atoms. The van der Waals surface area contributed by atoms with E-state index in [9.17, 15) is 8.42 Å². The van der Waals surface area contributed by atoms with E-state index in [1.54, 1.807) is 6.07 Å². The summed E-state index contributed by atoms with van der Waals surface area (Å²) in [4.78, 5) is 1.02. The van der Waals surface area contributed by atoms with E-state index in [1.807, 2.05) is 27.0 Å². The molecule has 7 heteroatoms. The predicted octanol–water partition coefficient (Wildman–Crippen LogP) is 1.27. The van der Waals surface area contributed by atoms with Gasteiger partial charge in [0.15, 0.2) is 0 Å². The lowest BCUT2D eigenvalue weighted by atomic mass is 10.3. The van der Waals surface area contributed by atoms with Gasteiger partial charge in [0.25, 0.3) is 10.0 Å². The van der Waals surface area contributed by atoms with Gasteiger partial charge in [0.05, 0.1) is 12.2 Å². The first-order chi connectivity index (χ1) is 8.93. The lowest BCUT2D eigenvalue weighted by molar-refractivity contribution is -0.0440. The van der Waals surface area contributed by atoms with Crippen LogP contribution in [0.2, 0.25) is 0 Å². The Morgan fingerprint density at radius 1 is 1.37 bits per heavy atom. The van der Waals surface area contributed by atoms with Crippen molar-refractivity contribution in [2.45, 2.75) is 36.8 Å². The molecule has 1 N–H and O–H groups in total. The molecular weight excluding hydrogens is 284 g/mol. The average Bonchev–Trinajstić information content (AvgIpc) is 2.77. The molecule has 1 aromatic rings.